The summed E-state index contributed by atoms with van der Waals surface area (Å²) in [6.07, 6.45) is 3.12. The first-order valence-electron chi connectivity index (χ1n) is 8.47. The summed E-state index contributed by atoms with van der Waals surface area (Å²) >= 11 is 1.52. The number of halogens is 1. The van der Waals surface area contributed by atoms with Gasteiger partial charge in [0, 0.05) is 23.4 Å². The number of amides is 2. The third-order valence-electron chi connectivity index (χ3n) is 4.14. The highest BCUT2D eigenvalue weighted by Crippen LogP contribution is 2.42. The van der Waals surface area contributed by atoms with Crippen LogP contribution in [0.2, 0.25) is 0 Å². The maximum atomic E-state index is 13.2. The molecule has 2 amide bonds. The van der Waals surface area contributed by atoms with Crippen LogP contribution in [-0.4, -0.2) is 35.1 Å². The standard InChI is InChI=1S/C19H21FN2O3S/c1-12(2)9-21-17(23)16-11-26-19(14-7-8-25-10-14)22(16)18(24)13-3-5-15(20)6-4-13/h3-8,10,12,16,19H,9,11H2,1-2H3,(H,21,23). The van der Waals surface area contributed by atoms with Gasteiger partial charge in [-0.05, 0) is 36.2 Å². The number of carbonyl (C=O) groups excluding carboxylic acids is 2. The van der Waals surface area contributed by atoms with E-state index in [2.05, 4.69) is 5.32 Å². The number of rotatable bonds is 5. The minimum absolute atomic E-state index is 0.173. The molecule has 0 saturated carbocycles. The lowest BCUT2D eigenvalue weighted by Gasteiger charge is -2.28. The number of furan rings is 1. The molecule has 2 atom stereocenters. The molecular formula is C19H21FN2O3S. The number of carbonyl (C=O) groups is 2. The van der Waals surface area contributed by atoms with Gasteiger partial charge in [-0.15, -0.1) is 11.8 Å². The van der Waals surface area contributed by atoms with Crippen LogP contribution in [0.5, 0.6) is 0 Å². The van der Waals surface area contributed by atoms with Crippen LogP contribution in [0.4, 0.5) is 4.39 Å². The summed E-state index contributed by atoms with van der Waals surface area (Å²) in [5.74, 6) is -0.0698. The van der Waals surface area contributed by atoms with Crippen LogP contribution in [0.15, 0.2) is 47.3 Å². The predicted molar refractivity (Wildman–Crippen MR) is 98.1 cm³/mol. The molecule has 7 heteroatoms. The van der Waals surface area contributed by atoms with E-state index in [1.54, 1.807) is 23.5 Å². The van der Waals surface area contributed by atoms with Crippen LogP contribution in [0.3, 0.4) is 0 Å². The zero-order chi connectivity index (χ0) is 18.7. The van der Waals surface area contributed by atoms with Crippen molar-refractivity contribution in [3.8, 4) is 0 Å². The lowest BCUT2D eigenvalue weighted by Crippen LogP contribution is -2.48. The second kappa shape index (κ2) is 7.95. The highest BCUT2D eigenvalue weighted by molar-refractivity contribution is 7.99. The first kappa shape index (κ1) is 18.5. The van der Waals surface area contributed by atoms with E-state index < -0.39 is 11.9 Å². The summed E-state index contributed by atoms with van der Waals surface area (Å²) in [6, 6.07) is 6.58. The molecule has 0 spiro atoms. The molecule has 2 aromatic rings. The van der Waals surface area contributed by atoms with Crippen molar-refractivity contribution in [3.05, 3.63) is 59.8 Å². The predicted octanol–water partition coefficient (Wildman–Crippen LogP) is 3.45. The fraction of sp³-hybridized carbons (Fsp3) is 0.368. The first-order valence-corrected chi connectivity index (χ1v) is 9.52. The van der Waals surface area contributed by atoms with Crippen molar-refractivity contribution in [1.82, 2.24) is 10.2 Å². The Morgan fingerprint density at radius 1 is 1.31 bits per heavy atom. The molecule has 0 radical (unpaired) electrons. The molecule has 26 heavy (non-hydrogen) atoms. The Kier molecular flexibility index (Phi) is 5.66. The summed E-state index contributed by atoms with van der Waals surface area (Å²) in [4.78, 5) is 27.3. The molecule has 1 aromatic carbocycles. The van der Waals surface area contributed by atoms with E-state index in [1.165, 1.54) is 36.0 Å². The van der Waals surface area contributed by atoms with Gasteiger partial charge in [0.1, 0.15) is 17.2 Å². The van der Waals surface area contributed by atoms with Crippen molar-refractivity contribution in [2.75, 3.05) is 12.3 Å². The smallest absolute Gasteiger partial charge is 0.255 e. The third kappa shape index (κ3) is 3.93. The van der Waals surface area contributed by atoms with Gasteiger partial charge in [0.05, 0.1) is 12.5 Å². The van der Waals surface area contributed by atoms with Crippen molar-refractivity contribution < 1.29 is 18.4 Å². The van der Waals surface area contributed by atoms with Gasteiger partial charge in [-0.25, -0.2) is 4.39 Å². The normalized spacial score (nSPS) is 19.8. The number of thioether (sulfide) groups is 1. The summed E-state index contributed by atoms with van der Waals surface area (Å²) in [7, 11) is 0. The Morgan fingerprint density at radius 2 is 2.04 bits per heavy atom. The van der Waals surface area contributed by atoms with Crippen molar-refractivity contribution in [2.24, 2.45) is 5.92 Å². The molecule has 1 aliphatic heterocycles. The van der Waals surface area contributed by atoms with E-state index in [0.717, 1.165) is 5.56 Å². The van der Waals surface area contributed by atoms with Crippen molar-refractivity contribution in [2.45, 2.75) is 25.3 Å². The van der Waals surface area contributed by atoms with Gasteiger partial charge in [0.15, 0.2) is 0 Å². The highest BCUT2D eigenvalue weighted by atomic mass is 32.2. The maximum absolute atomic E-state index is 13.2. The highest BCUT2D eigenvalue weighted by Gasteiger charge is 2.42. The second-order valence-corrected chi connectivity index (χ2v) is 7.73. The van der Waals surface area contributed by atoms with E-state index in [0.29, 0.717) is 23.8 Å². The number of hydrogen-bond acceptors (Lipinski definition) is 4. The monoisotopic (exact) mass is 376 g/mol. The maximum Gasteiger partial charge on any atom is 0.255 e. The van der Waals surface area contributed by atoms with E-state index in [4.69, 9.17) is 4.42 Å². The summed E-state index contributed by atoms with van der Waals surface area (Å²) in [5.41, 5.74) is 1.17. The van der Waals surface area contributed by atoms with Crippen molar-refractivity contribution >= 4 is 23.6 Å². The average molecular weight is 376 g/mol. The van der Waals surface area contributed by atoms with E-state index in [1.807, 2.05) is 13.8 Å². The fourth-order valence-corrected chi connectivity index (χ4v) is 4.20. The molecule has 0 bridgehead atoms. The Labute approximate surface area is 155 Å². The number of hydrogen-bond donors (Lipinski definition) is 1. The Morgan fingerprint density at radius 3 is 2.65 bits per heavy atom. The van der Waals surface area contributed by atoms with Gasteiger partial charge in [0.25, 0.3) is 5.91 Å². The average Bonchev–Trinajstić information content (AvgIpc) is 3.28. The van der Waals surface area contributed by atoms with E-state index in [9.17, 15) is 14.0 Å². The van der Waals surface area contributed by atoms with Crippen LogP contribution in [-0.2, 0) is 4.79 Å². The Bertz CT molecular complexity index is 762. The molecule has 1 saturated heterocycles. The molecule has 1 fully saturated rings. The van der Waals surface area contributed by atoms with E-state index in [-0.39, 0.29) is 17.2 Å². The summed E-state index contributed by atoms with van der Waals surface area (Å²) < 4.78 is 18.4. The van der Waals surface area contributed by atoms with Crippen LogP contribution < -0.4 is 5.32 Å². The molecular weight excluding hydrogens is 355 g/mol. The molecule has 1 N–H and O–H groups in total. The molecule has 5 nitrogen and oxygen atoms in total. The molecule has 0 aliphatic carbocycles. The Balaban J connectivity index is 1.88. The van der Waals surface area contributed by atoms with E-state index >= 15 is 0 Å². The first-order chi connectivity index (χ1) is 12.5. The van der Waals surface area contributed by atoms with Gasteiger partial charge >= 0.3 is 0 Å². The number of benzene rings is 1. The van der Waals surface area contributed by atoms with Gasteiger partial charge in [-0.2, -0.15) is 0 Å². The summed E-state index contributed by atoms with van der Waals surface area (Å²) in [5, 5.41) is 2.59. The van der Waals surface area contributed by atoms with Gasteiger partial charge < -0.3 is 14.6 Å². The molecule has 1 aromatic heterocycles. The lowest BCUT2D eigenvalue weighted by molar-refractivity contribution is -0.125. The fourth-order valence-electron chi connectivity index (χ4n) is 2.79. The zero-order valence-corrected chi connectivity index (χ0v) is 15.5. The van der Waals surface area contributed by atoms with Crippen molar-refractivity contribution in [3.63, 3.8) is 0 Å². The molecule has 3 rings (SSSR count). The topological polar surface area (TPSA) is 62.6 Å². The van der Waals surface area contributed by atoms with Crippen LogP contribution in [0.25, 0.3) is 0 Å². The van der Waals surface area contributed by atoms with Gasteiger partial charge in [0.2, 0.25) is 5.91 Å². The number of nitrogens with one attached hydrogen (secondary N) is 1. The largest absolute Gasteiger partial charge is 0.472 e. The quantitative estimate of drug-likeness (QED) is 0.868. The Hall–Kier alpha value is -2.28. The van der Waals surface area contributed by atoms with Gasteiger partial charge in [-0.1, -0.05) is 13.8 Å². The molecule has 138 valence electrons. The lowest BCUT2D eigenvalue weighted by atomic mass is 10.1. The zero-order valence-electron chi connectivity index (χ0n) is 14.6. The summed E-state index contributed by atoms with van der Waals surface area (Å²) in [6.45, 7) is 4.58. The van der Waals surface area contributed by atoms with Crippen LogP contribution >= 0.6 is 11.8 Å². The minimum Gasteiger partial charge on any atom is -0.472 e. The van der Waals surface area contributed by atoms with Crippen LogP contribution in [0.1, 0.15) is 35.1 Å². The van der Waals surface area contributed by atoms with Crippen molar-refractivity contribution in [1.29, 1.82) is 0 Å². The van der Waals surface area contributed by atoms with Crippen LogP contribution in [0, 0.1) is 11.7 Å². The SMILES string of the molecule is CC(C)CNC(=O)C1CSC(c2ccoc2)N1C(=O)c1ccc(F)cc1. The molecule has 2 heterocycles. The second-order valence-electron chi connectivity index (χ2n) is 6.62. The third-order valence-corrected chi connectivity index (χ3v) is 5.46. The minimum atomic E-state index is -0.587. The number of nitrogens with zero attached hydrogens (tertiary/aromatic N) is 1. The molecule has 2 unspecified atom stereocenters. The van der Waals surface area contributed by atoms with Gasteiger partial charge in [-0.3, -0.25) is 9.59 Å². The molecule has 1 aliphatic rings.